The number of hydrogen-bond donors (Lipinski definition) is 1. The number of carbonyl (C=O) groups is 2. The van der Waals surface area contributed by atoms with E-state index in [1.807, 2.05) is 26.8 Å². The van der Waals surface area contributed by atoms with Crippen LogP contribution in [0.2, 0.25) is 10.0 Å². The number of ether oxygens (including phenoxy) is 2. The van der Waals surface area contributed by atoms with Gasteiger partial charge in [-0.05, 0) is 79.8 Å². The van der Waals surface area contributed by atoms with Gasteiger partial charge >= 0.3 is 0 Å². The van der Waals surface area contributed by atoms with E-state index in [2.05, 4.69) is 5.32 Å². The summed E-state index contributed by atoms with van der Waals surface area (Å²) >= 11 is 12.4. The zero-order valence-electron chi connectivity index (χ0n) is 26.5. The van der Waals surface area contributed by atoms with E-state index in [0.29, 0.717) is 40.0 Å². The van der Waals surface area contributed by atoms with E-state index < -0.39 is 28.5 Å². The van der Waals surface area contributed by atoms with Crippen LogP contribution in [0.1, 0.15) is 49.8 Å². The summed E-state index contributed by atoms with van der Waals surface area (Å²) in [5.41, 5.74) is 2.59. The van der Waals surface area contributed by atoms with E-state index in [-0.39, 0.29) is 23.1 Å². The van der Waals surface area contributed by atoms with Gasteiger partial charge in [0.15, 0.2) is 11.5 Å². The molecule has 0 bridgehead atoms. The third-order valence-electron chi connectivity index (χ3n) is 7.27. The van der Waals surface area contributed by atoms with E-state index in [9.17, 15) is 18.0 Å². The molecule has 45 heavy (non-hydrogen) atoms. The topological polar surface area (TPSA) is 105 Å². The van der Waals surface area contributed by atoms with Crippen molar-refractivity contribution in [2.24, 2.45) is 0 Å². The molecular weight excluding hydrogens is 637 g/mol. The maximum Gasteiger partial charge on any atom is 0.264 e. The molecule has 12 heteroatoms. The van der Waals surface area contributed by atoms with Crippen LogP contribution in [0.25, 0.3) is 0 Å². The molecule has 3 rings (SSSR count). The Morgan fingerprint density at radius 1 is 0.889 bits per heavy atom. The Bertz CT molecular complexity index is 1600. The maximum absolute atomic E-state index is 14.3. The number of halogens is 2. The molecule has 0 unspecified atom stereocenters. The molecule has 2 amide bonds. The summed E-state index contributed by atoms with van der Waals surface area (Å²) in [5.74, 6) is -0.304. The van der Waals surface area contributed by atoms with Gasteiger partial charge in [0.05, 0.1) is 34.8 Å². The Kier molecular flexibility index (Phi) is 13.0. The van der Waals surface area contributed by atoms with Gasteiger partial charge in [0.2, 0.25) is 11.8 Å². The molecule has 0 fully saturated rings. The predicted molar refractivity (Wildman–Crippen MR) is 179 cm³/mol. The van der Waals surface area contributed by atoms with Crippen molar-refractivity contribution in [3.63, 3.8) is 0 Å². The lowest BCUT2D eigenvalue weighted by atomic mass is 10.1. The first-order valence-corrected chi connectivity index (χ1v) is 16.9. The number of nitrogens with zero attached hydrogens (tertiary/aromatic N) is 2. The maximum atomic E-state index is 14.3. The molecule has 0 aliphatic rings. The first kappa shape index (κ1) is 36.0. The van der Waals surface area contributed by atoms with Crippen LogP contribution in [-0.4, -0.2) is 58.5 Å². The van der Waals surface area contributed by atoms with E-state index in [1.165, 1.54) is 37.3 Å². The minimum Gasteiger partial charge on any atom is -0.493 e. The van der Waals surface area contributed by atoms with Crippen LogP contribution in [-0.2, 0) is 26.2 Å². The predicted octanol–water partition coefficient (Wildman–Crippen LogP) is 6.55. The minimum absolute atomic E-state index is 0.00647. The summed E-state index contributed by atoms with van der Waals surface area (Å²) in [4.78, 5) is 29.0. The molecule has 0 radical (unpaired) electrons. The molecule has 0 aliphatic carbocycles. The second kappa shape index (κ2) is 16.2. The zero-order valence-corrected chi connectivity index (χ0v) is 28.9. The van der Waals surface area contributed by atoms with Crippen LogP contribution in [0.3, 0.4) is 0 Å². The van der Waals surface area contributed by atoms with Crippen molar-refractivity contribution < 1.29 is 27.5 Å². The van der Waals surface area contributed by atoms with Gasteiger partial charge in [0, 0.05) is 19.2 Å². The highest BCUT2D eigenvalue weighted by molar-refractivity contribution is 7.92. The summed E-state index contributed by atoms with van der Waals surface area (Å²) in [5, 5.41) is 3.57. The number of benzene rings is 3. The molecule has 9 nitrogen and oxygen atoms in total. The summed E-state index contributed by atoms with van der Waals surface area (Å²) in [6.45, 7) is 7.42. The van der Waals surface area contributed by atoms with Crippen molar-refractivity contribution in [1.82, 2.24) is 10.2 Å². The highest BCUT2D eigenvalue weighted by Gasteiger charge is 2.34. The van der Waals surface area contributed by atoms with Crippen LogP contribution >= 0.6 is 23.2 Å². The normalized spacial score (nSPS) is 11.9. The van der Waals surface area contributed by atoms with Crippen molar-refractivity contribution in [1.29, 1.82) is 0 Å². The van der Waals surface area contributed by atoms with Crippen LogP contribution in [0, 0.1) is 13.8 Å². The van der Waals surface area contributed by atoms with Crippen LogP contribution in [0.15, 0.2) is 59.5 Å². The van der Waals surface area contributed by atoms with Crippen LogP contribution in [0.5, 0.6) is 11.5 Å². The first-order chi connectivity index (χ1) is 21.4. The zero-order chi connectivity index (χ0) is 33.3. The summed E-state index contributed by atoms with van der Waals surface area (Å²) in [6, 6.07) is 13.7. The molecule has 244 valence electrons. The number of anilines is 1. The Hall–Kier alpha value is -3.47. The highest BCUT2D eigenvalue weighted by atomic mass is 35.5. The average Bonchev–Trinajstić information content (AvgIpc) is 3.00. The third kappa shape index (κ3) is 9.05. The average molecular weight is 679 g/mol. The van der Waals surface area contributed by atoms with Crippen molar-refractivity contribution >= 4 is 50.7 Å². The lowest BCUT2D eigenvalue weighted by Crippen LogP contribution is -2.52. The van der Waals surface area contributed by atoms with Gasteiger partial charge in [-0.2, -0.15) is 0 Å². The Morgan fingerprint density at radius 3 is 2.13 bits per heavy atom. The van der Waals surface area contributed by atoms with Gasteiger partial charge < -0.3 is 19.7 Å². The Balaban J connectivity index is 2.13. The molecule has 0 aromatic heterocycles. The second-order valence-electron chi connectivity index (χ2n) is 10.7. The van der Waals surface area contributed by atoms with E-state index in [0.717, 1.165) is 28.3 Å². The lowest BCUT2D eigenvalue weighted by Gasteiger charge is -2.33. The number of carbonyl (C=O) groups excluding carboxylic acids is 2. The number of sulfonamides is 1. The fourth-order valence-corrected chi connectivity index (χ4v) is 6.72. The summed E-state index contributed by atoms with van der Waals surface area (Å²) in [6.07, 6.45) is 1.98. The molecule has 0 saturated carbocycles. The number of rotatable bonds is 15. The number of hydrogen-bond acceptors (Lipinski definition) is 6. The van der Waals surface area contributed by atoms with Crippen LogP contribution < -0.4 is 19.1 Å². The lowest BCUT2D eigenvalue weighted by molar-refractivity contribution is -0.140. The molecule has 3 aromatic rings. The number of methoxy groups -OCH3 is 2. The van der Waals surface area contributed by atoms with Crippen LogP contribution in [0.4, 0.5) is 5.69 Å². The van der Waals surface area contributed by atoms with Gasteiger partial charge in [-0.15, -0.1) is 0 Å². The number of aryl methyl sites for hydroxylation is 2. The fourth-order valence-electron chi connectivity index (χ4n) is 4.99. The molecule has 1 atom stereocenters. The number of amides is 2. The van der Waals surface area contributed by atoms with E-state index in [4.69, 9.17) is 32.7 Å². The Morgan fingerprint density at radius 2 is 1.56 bits per heavy atom. The quantitative estimate of drug-likeness (QED) is 0.183. The molecule has 0 aliphatic heterocycles. The van der Waals surface area contributed by atoms with Crippen molar-refractivity contribution in [2.75, 3.05) is 31.6 Å². The fraction of sp³-hybridized carbons (Fsp3) is 0.394. The van der Waals surface area contributed by atoms with Gasteiger partial charge in [-0.25, -0.2) is 8.42 Å². The number of unbranched alkanes of at least 4 members (excludes halogenated alkanes) is 1. The summed E-state index contributed by atoms with van der Waals surface area (Å²) < 4.78 is 40.4. The van der Waals surface area contributed by atoms with Crippen molar-refractivity contribution in [3.05, 3.63) is 81.3 Å². The smallest absolute Gasteiger partial charge is 0.264 e. The van der Waals surface area contributed by atoms with Crippen molar-refractivity contribution in [3.8, 4) is 11.5 Å². The second-order valence-corrected chi connectivity index (χ2v) is 13.4. The van der Waals surface area contributed by atoms with Gasteiger partial charge in [-0.3, -0.25) is 13.9 Å². The SMILES string of the molecule is CCCCNC(=O)[C@@H](CC)N(Cc1ccc(Cl)c(Cl)c1)C(=O)CN(c1cc(C)cc(C)c1)S(=O)(=O)c1ccc(OC)c(OC)c1. The highest BCUT2D eigenvalue weighted by Crippen LogP contribution is 2.33. The summed E-state index contributed by atoms with van der Waals surface area (Å²) in [7, 11) is -1.45. The first-order valence-electron chi connectivity index (χ1n) is 14.7. The Labute approximate surface area is 276 Å². The van der Waals surface area contributed by atoms with Gasteiger partial charge in [0.1, 0.15) is 12.6 Å². The molecule has 0 saturated heterocycles. The van der Waals surface area contributed by atoms with Gasteiger partial charge in [-0.1, -0.05) is 55.6 Å². The monoisotopic (exact) mass is 677 g/mol. The largest absolute Gasteiger partial charge is 0.493 e. The standard InChI is InChI=1S/C33H41Cl2N3O6S/c1-7-9-14-36-33(40)29(8-2)37(20-24-10-12-27(34)28(35)18-24)32(39)21-38(25-16-22(3)15-23(4)17-25)45(41,42)26-11-13-30(43-5)31(19-26)44-6/h10-13,15-19,29H,7-9,14,20-21H2,1-6H3,(H,36,40)/t29-/m1/s1. The molecular formula is C33H41Cl2N3O6S. The van der Waals surface area contributed by atoms with E-state index in [1.54, 1.807) is 37.3 Å². The molecule has 0 heterocycles. The van der Waals surface area contributed by atoms with Crippen molar-refractivity contribution in [2.45, 2.75) is 64.4 Å². The number of nitrogens with one attached hydrogen (secondary N) is 1. The molecule has 0 spiro atoms. The van der Waals surface area contributed by atoms with Gasteiger partial charge in [0.25, 0.3) is 10.0 Å². The van der Waals surface area contributed by atoms with E-state index >= 15 is 0 Å². The molecule has 3 aromatic carbocycles. The minimum atomic E-state index is -4.32. The third-order valence-corrected chi connectivity index (χ3v) is 9.78. The molecule has 1 N–H and O–H groups in total.